The third-order valence-electron chi connectivity index (χ3n) is 4.66. The second-order valence-corrected chi connectivity index (χ2v) is 6.58. The number of aryl methyl sites for hydroxylation is 1. The van der Waals surface area contributed by atoms with E-state index >= 15 is 0 Å². The number of hydrogen-bond acceptors (Lipinski definition) is 5. The van der Waals surface area contributed by atoms with Gasteiger partial charge in [-0.2, -0.15) is 0 Å². The standard InChI is InChI=1S/C20H24N4O3/c1-14-16(20(26)23-15-8-4-3-5-9-15)12-21-19(22-14)17-10-6-7-11-24(17)18(25)13-27-2/h3-5,8-9,12,17H,6-7,10-11,13H2,1-2H3,(H,23,26)/t17-/m0/s1. The molecule has 0 bridgehead atoms. The highest BCUT2D eigenvalue weighted by atomic mass is 16.5. The van der Waals surface area contributed by atoms with Crippen molar-refractivity contribution in [3.05, 3.63) is 53.6 Å². The molecule has 0 aliphatic carbocycles. The minimum absolute atomic E-state index is 0.0487. The number of piperidine rings is 1. The van der Waals surface area contributed by atoms with E-state index in [1.165, 1.54) is 7.11 Å². The number of likely N-dealkylation sites (tertiary alicyclic amines) is 1. The highest BCUT2D eigenvalue weighted by Gasteiger charge is 2.30. The summed E-state index contributed by atoms with van der Waals surface area (Å²) in [5.41, 5.74) is 1.74. The van der Waals surface area contributed by atoms with E-state index in [1.54, 1.807) is 18.0 Å². The molecule has 2 heterocycles. The molecular weight excluding hydrogens is 344 g/mol. The SMILES string of the molecule is COCC(=O)N1CCCC[C@H]1c1ncc(C(=O)Nc2ccccc2)c(C)n1. The summed E-state index contributed by atoms with van der Waals surface area (Å²) in [5, 5.41) is 2.84. The van der Waals surface area contributed by atoms with Crippen molar-refractivity contribution in [2.24, 2.45) is 0 Å². The predicted molar refractivity (Wildman–Crippen MR) is 101 cm³/mol. The molecule has 2 amide bonds. The van der Waals surface area contributed by atoms with Crippen LogP contribution in [0.4, 0.5) is 5.69 Å². The van der Waals surface area contributed by atoms with Gasteiger partial charge in [0, 0.05) is 25.5 Å². The molecule has 1 aliphatic rings. The fraction of sp³-hybridized carbons (Fsp3) is 0.400. The summed E-state index contributed by atoms with van der Waals surface area (Å²) in [7, 11) is 1.51. The monoisotopic (exact) mass is 368 g/mol. The van der Waals surface area contributed by atoms with Crippen LogP contribution in [-0.2, 0) is 9.53 Å². The summed E-state index contributed by atoms with van der Waals surface area (Å²) in [6.45, 7) is 2.51. The zero-order valence-electron chi connectivity index (χ0n) is 15.6. The van der Waals surface area contributed by atoms with Gasteiger partial charge in [-0.3, -0.25) is 9.59 Å². The van der Waals surface area contributed by atoms with Gasteiger partial charge in [0.15, 0.2) is 5.82 Å². The molecule has 0 unspecified atom stereocenters. The zero-order chi connectivity index (χ0) is 19.2. The molecule has 1 aromatic heterocycles. The first-order valence-electron chi connectivity index (χ1n) is 9.08. The van der Waals surface area contributed by atoms with Crippen molar-refractivity contribution in [1.29, 1.82) is 0 Å². The van der Waals surface area contributed by atoms with Crippen molar-refractivity contribution < 1.29 is 14.3 Å². The number of amides is 2. The van der Waals surface area contributed by atoms with Gasteiger partial charge in [-0.1, -0.05) is 18.2 Å². The highest BCUT2D eigenvalue weighted by molar-refractivity contribution is 6.04. The Morgan fingerprint density at radius 3 is 2.74 bits per heavy atom. The van der Waals surface area contributed by atoms with E-state index in [0.717, 1.165) is 24.9 Å². The first-order valence-corrected chi connectivity index (χ1v) is 9.08. The summed E-state index contributed by atoms with van der Waals surface area (Å²) < 4.78 is 4.99. The average Bonchev–Trinajstić information content (AvgIpc) is 2.68. The Labute approximate surface area is 158 Å². The van der Waals surface area contributed by atoms with Gasteiger partial charge in [0.25, 0.3) is 5.91 Å². The van der Waals surface area contributed by atoms with Crippen LogP contribution >= 0.6 is 0 Å². The van der Waals surface area contributed by atoms with Gasteiger partial charge in [0.1, 0.15) is 6.61 Å². The molecule has 3 rings (SSSR count). The van der Waals surface area contributed by atoms with Gasteiger partial charge in [-0.25, -0.2) is 9.97 Å². The van der Waals surface area contributed by atoms with Crippen LogP contribution in [0.15, 0.2) is 36.5 Å². The van der Waals surface area contributed by atoms with Gasteiger partial charge < -0.3 is 15.0 Å². The Bertz CT molecular complexity index is 810. The second kappa shape index (κ2) is 8.73. The zero-order valence-corrected chi connectivity index (χ0v) is 15.6. The Balaban J connectivity index is 1.78. The summed E-state index contributed by atoms with van der Waals surface area (Å²) >= 11 is 0. The van der Waals surface area contributed by atoms with E-state index < -0.39 is 0 Å². The number of methoxy groups -OCH3 is 1. The van der Waals surface area contributed by atoms with Crippen LogP contribution in [0.3, 0.4) is 0 Å². The second-order valence-electron chi connectivity index (χ2n) is 6.58. The van der Waals surface area contributed by atoms with Gasteiger partial charge >= 0.3 is 0 Å². The Morgan fingerprint density at radius 1 is 1.26 bits per heavy atom. The maximum atomic E-state index is 12.5. The van der Waals surface area contributed by atoms with Crippen molar-refractivity contribution in [2.45, 2.75) is 32.2 Å². The quantitative estimate of drug-likeness (QED) is 0.877. The third-order valence-corrected chi connectivity index (χ3v) is 4.66. The molecule has 1 fully saturated rings. The molecule has 1 atom stereocenters. The van der Waals surface area contributed by atoms with Crippen LogP contribution in [0, 0.1) is 6.92 Å². The number of carbonyl (C=O) groups excluding carboxylic acids is 2. The number of benzene rings is 1. The predicted octanol–water partition coefficient (Wildman–Crippen LogP) is 2.74. The van der Waals surface area contributed by atoms with Gasteiger partial charge in [0.05, 0.1) is 17.3 Å². The van der Waals surface area contributed by atoms with E-state index in [-0.39, 0.29) is 24.5 Å². The van der Waals surface area contributed by atoms with E-state index in [1.807, 2.05) is 30.3 Å². The largest absolute Gasteiger partial charge is 0.375 e. The van der Waals surface area contributed by atoms with E-state index in [2.05, 4.69) is 15.3 Å². The maximum Gasteiger partial charge on any atom is 0.259 e. The minimum Gasteiger partial charge on any atom is -0.375 e. The van der Waals surface area contributed by atoms with Crippen LogP contribution in [0.5, 0.6) is 0 Å². The number of aromatic nitrogens is 2. The Morgan fingerprint density at radius 2 is 2.04 bits per heavy atom. The van der Waals surface area contributed by atoms with Crippen molar-refractivity contribution >= 4 is 17.5 Å². The molecule has 1 saturated heterocycles. The maximum absolute atomic E-state index is 12.5. The van der Waals surface area contributed by atoms with Crippen molar-refractivity contribution in [1.82, 2.24) is 14.9 Å². The molecule has 0 radical (unpaired) electrons. The van der Waals surface area contributed by atoms with Crippen LogP contribution in [0.1, 0.15) is 47.2 Å². The molecule has 27 heavy (non-hydrogen) atoms. The molecule has 2 aromatic rings. The summed E-state index contributed by atoms with van der Waals surface area (Å²) in [6.07, 6.45) is 4.33. The smallest absolute Gasteiger partial charge is 0.259 e. The van der Waals surface area contributed by atoms with E-state index in [4.69, 9.17) is 4.74 Å². The molecule has 1 aromatic carbocycles. The lowest BCUT2D eigenvalue weighted by atomic mass is 10.0. The third kappa shape index (κ3) is 4.49. The Hall–Kier alpha value is -2.80. The number of hydrogen-bond donors (Lipinski definition) is 1. The molecule has 0 spiro atoms. The number of ether oxygens (including phenoxy) is 1. The molecule has 7 nitrogen and oxygen atoms in total. The molecular formula is C20H24N4O3. The Kier molecular flexibility index (Phi) is 6.13. The fourth-order valence-corrected chi connectivity index (χ4v) is 3.29. The molecule has 7 heteroatoms. The van der Waals surface area contributed by atoms with Gasteiger partial charge in [0.2, 0.25) is 5.91 Å². The van der Waals surface area contributed by atoms with Crippen LogP contribution in [0.2, 0.25) is 0 Å². The van der Waals surface area contributed by atoms with Crippen LogP contribution in [0.25, 0.3) is 0 Å². The first kappa shape index (κ1) is 19.0. The summed E-state index contributed by atoms with van der Waals surface area (Å²) in [4.78, 5) is 35.6. The lowest BCUT2D eigenvalue weighted by Gasteiger charge is -2.34. The number of nitrogens with one attached hydrogen (secondary N) is 1. The van der Waals surface area contributed by atoms with E-state index in [0.29, 0.717) is 23.6 Å². The minimum atomic E-state index is -0.249. The molecule has 142 valence electrons. The summed E-state index contributed by atoms with van der Waals surface area (Å²) in [6, 6.07) is 9.08. The van der Waals surface area contributed by atoms with Crippen LogP contribution < -0.4 is 5.32 Å². The number of para-hydroxylation sites is 1. The number of carbonyl (C=O) groups is 2. The topological polar surface area (TPSA) is 84.4 Å². The van der Waals surface area contributed by atoms with Crippen molar-refractivity contribution in [3.63, 3.8) is 0 Å². The lowest BCUT2D eigenvalue weighted by molar-refractivity contribution is -0.139. The van der Waals surface area contributed by atoms with E-state index in [9.17, 15) is 9.59 Å². The van der Waals surface area contributed by atoms with Gasteiger partial charge in [-0.05, 0) is 38.3 Å². The lowest BCUT2D eigenvalue weighted by Crippen LogP contribution is -2.41. The van der Waals surface area contributed by atoms with Crippen molar-refractivity contribution in [3.8, 4) is 0 Å². The van der Waals surface area contributed by atoms with Crippen molar-refractivity contribution in [2.75, 3.05) is 25.6 Å². The number of nitrogens with zero attached hydrogens (tertiary/aromatic N) is 3. The number of rotatable bonds is 5. The average molecular weight is 368 g/mol. The first-order chi connectivity index (χ1) is 13.1. The normalized spacial score (nSPS) is 16.8. The number of anilines is 1. The fourth-order valence-electron chi connectivity index (χ4n) is 3.29. The molecule has 1 aliphatic heterocycles. The highest BCUT2D eigenvalue weighted by Crippen LogP contribution is 2.29. The van der Waals surface area contributed by atoms with Crippen LogP contribution in [-0.4, -0.2) is 46.9 Å². The summed E-state index contributed by atoms with van der Waals surface area (Å²) in [5.74, 6) is 0.267. The molecule has 0 saturated carbocycles. The molecule has 1 N–H and O–H groups in total. The van der Waals surface area contributed by atoms with Gasteiger partial charge in [-0.15, -0.1) is 0 Å².